The Kier molecular flexibility index (Phi) is 5.84. The summed E-state index contributed by atoms with van der Waals surface area (Å²) in [5.41, 5.74) is 1.79. The van der Waals surface area contributed by atoms with Crippen LogP contribution in [0.5, 0.6) is 11.5 Å². The Morgan fingerprint density at radius 1 is 1.00 bits per heavy atom. The Balaban J connectivity index is 1.63. The Morgan fingerprint density at radius 3 is 2.50 bits per heavy atom. The molecule has 0 radical (unpaired) electrons. The van der Waals surface area contributed by atoms with E-state index in [1.807, 2.05) is 80.8 Å². The number of nitrogens with zero attached hydrogens (tertiary/aromatic N) is 3. The van der Waals surface area contributed by atoms with Crippen molar-refractivity contribution in [3.05, 3.63) is 99.4 Å². The molecule has 1 aromatic heterocycles. The lowest BCUT2D eigenvalue weighted by Gasteiger charge is -2.12. The minimum atomic E-state index is -0.368. The monoisotopic (exact) mass is 419 g/mol. The molecule has 0 N–H and O–H groups in total. The van der Waals surface area contributed by atoms with Crippen LogP contribution < -0.4 is 10.3 Å². The van der Waals surface area contributed by atoms with Crippen molar-refractivity contribution in [1.82, 2.24) is 14.7 Å². The first-order valence-electron chi connectivity index (χ1n) is 9.65. The molecule has 4 rings (SSSR count). The molecule has 0 unspecified atom stereocenters. The van der Waals surface area contributed by atoms with Crippen LogP contribution in [-0.2, 0) is 13.1 Å². The molecule has 0 bridgehead atoms. The number of fused-ring (bicyclic) bond motifs is 1. The molecule has 0 aliphatic carbocycles. The Hall–Kier alpha value is -3.15. The van der Waals surface area contributed by atoms with Gasteiger partial charge in [-0.05, 0) is 48.1 Å². The maximum Gasteiger partial charge on any atom is 0.311 e. The van der Waals surface area contributed by atoms with Gasteiger partial charge in [-0.2, -0.15) is 5.10 Å². The van der Waals surface area contributed by atoms with E-state index < -0.39 is 0 Å². The van der Waals surface area contributed by atoms with Crippen LogP contribution >= 0.6 is 11.6 Å². The fourth-order valence-corrected chi connectivity index (χ4v) is 3.56. The molecule has 0 saturated carbocycles. The topological polar surface area (TPSA) is 47.4 Å². The van der Waals surface area contributed by atoms with Gasteiger partial charge in [0.05, 0.1) is 12.7 Å². The van der Waals surface area contributed by atoms with Crippen LogP contribution in [-0.4, -0.2) is 28.8 Å². The van der Waals surface area contributed by atoms with Crippen LogP contribution in [0.15, 0.2) is 77.7 Å². The van der Waals surface area contributed by atoms with Crippen molar-refractivity contribution < 1.29 is 4.74 Å². The highest BCUT2D eigenvalue weighted by Crippen LogP contribution is 2.26. The van der Waals surface area contributed by atoms with Crippen LogP contribution in [0.3, 0.4) is 0 Å². The van der Waals surface area contributed by atoms with Crippen molar-refractivity contribution in [3.63, 3.8) is 0 Å². The van der Waals surface area contributed by atoms with E-state index in [9.17, 15) is 4.79 Å². The van der Waals surface area contributed by atoms with E-state index in [1.165, 1.54) is 10.9 Å². The number of hydrogen-bond donors (Lipinski definition) is 0. The summed E-state index contributed by atoms with van der Waals surface area (Å²) in [6.07, 6.45) is 1.45. The third-order valence-electron chi connectivity index (χ3n) is 4.80. The molecular weight excluding hydrogens is 398 g/mol. The summed E-state index contributed by atoms with van der Waals surface area (Å²) in [5, 5.41) is 6.60. The smallest absolute Gasteiger partial charge is 0.311 e. The van der Waals surface area contributed by atoms with Gasteiger partial charge in [-0.25, -0.2) is 4.68 Å². The lowest BCUT2D eigenvalue weighted by molar-refractivity contribution is 0.402. The second-order valence-corrected chi connectivity index (χ2v) is 7.81. The second-order valence-electron chi connectivity index (χ2n) is 7.41. The highest BCUT2D eigenvalue weighted by molar-refractivity contribution is 6.31. The summed E-state index contributed by atoms with van der Waals surface area (Å²) in [7, 11) is 4.03. The molecule has 6 heteroatoms. The molecule has 0 fully saturated rings. The van der Waals surface area contributed by atoms with Crippen molar-refractivity contribution in [2.24, 2.45) is 0 Å². The summed E-state index contributed by atoms with van der Waals surface area (Å²) >= 11 is 6.24. The van der Waals surface area contributed by atoms with Gasteiger partial charge in [0.15, 0.2) is 0 Å². The van der Waals surface area contributed by atoms with Crippen molar-refractivity contribution in [1.29, 1.82) is 0 Å². The zero-order valence-electron chi connectivity index (χ0n) is 16.9. The first kappa shape index (κ1) is 20.1. The zero-order chi connectivity index (χ0) is 21.1. The molecule has 5 nitrogen and oxygen atoms in total. The van der Waals surface area contributed by atoms with Gasteiger partial charge in [-0.1, -0.05) is 66.2 Å². The highest BCUT2D eigenvalue weighted by atomic mass is 35.5. The standard InChI is InChI=1S/C24H22ClN3O2/c1-27(2)15-17-10-12-20(13-11-17)30-23-22(25)14-26-28(24(23)29)16-19-8-5-7-18-6-3-4-9-21(18)19/h3-14H,15-16H2,1-2H3. The van der Waals surface area contributed by atoms with E-state index in [2.05, 4.69) is 10.00 Å². The highest BCUT2D eigenvalue weighted by Gasteiger charge is 2.14. The maximum atomic E-state index is 13.0. The van der Waals surface area contributed by atoms with Gasteiger partial charge in [0.25, 0.3) is 0 Å². The number of rotatable bonds is 6. The second kappa shape index (κ2) is 8.69. The minimum Gasteiger partial charge on any atom is -0.450 e. The SMILES string of the molecule is CN(C)Cc1ccc(Oc2c(Cl)cnn(Cc3cccc4ccccc34)c2=O)cc1. The number of hydrogen-bond acceptors (Lipinski definition) is 4. The maximum absolute atomic E-state index is 13.0. The van der Waals surface area contributed by atoms with Gasteiger partial charge in [0.1, 0.15) is 10.8 Å². The number of benzene rings is 3. The fourth-order valence-electron chi connectivity index (χ4n) is 3.39. The van der Waals surface area contributed by atoms with Crippen LogP contribution in [0, 0.1) is 0 Å². The van der Waals surface area contributed by atoms with Crippen molar-refractivity contribution in [2.45, 2.75) is 13.1 Å². The van der Waals surface area contributed by atoms with Crippen LogP contribution in [0.25, 0.3) is 10.8 Å². The van der Waals surface area contributed by atoms with Crippen LogP contribution in [0.4, 0.5) is 0 Å². The van der Waals surface area contributed by atoms with Crippen LogP contribution in [0.1, 0.15) is 11.1 Å². The lowest BCUT2D eigenvalue weighted by atomic mass is 10.0. The summed E-state index contributed by atoms with van der Waals surface area (Å²) < 4.78 is 7.23. The molecule has 0 amide bonds. The van der Waals surface area contributed by atoms with Gasteiger partial charge in [0, 0.05) is 6.54 Å². The first-order valence-corrected chi connectivity index (χ1v) is 10.0. The van der Waals surface area contributed by atoms with E-state index in [1.54, 1.807) is 0 Å². The molecule has 0 atom stereocenters. The van der Waals surface area contributed by atoms with E-state index in [0.29, 0.717) is 12.3 Å². The normalized spacial score (nSPS) is 11.2. The van der Waals surface area contributed by atoms with E-state index in [-0.39, 0.29) is 16.3 Å². The average molecular weight is 420 g/mol. The molecule has 0 aliphatic rings. The van der Waals surface area contributed by atoms with Crippen molar-refractivity contribution >= 4 is 22.4 Å². The zero-order valence-corrected chi connectivity index (χ0v) is 17.6. The Labute approximate surface area is 180 Å². The lowest BCUT2D eigenvalue weighted by Crippen LogP contribution is -2.24. The summed E-state index contributed by atoms with van der Waals surface area (Å²) in [6, 6.07) is 21.7. The quantitative estimate of drug-likeness (QED) is 0.443. The van der Waals surface area contributed by atoms with Gasteiger partial charge in [0.2, 0.25) is 5.75 Å². The Bertz CT molecular complexity index is 1230. The molecule has 30 heavy (non-hydrogen) atoms. The fraction of sp³-hybridized carbons (Fsp3) is 0.167. The largest absolute Gasteiger partial charge is 0.450 e. The summed E-state index contributed by atoms with van der Waals surface area (Å²) in [4.78, 5) is 15.1. The average Bonchev–Trinajstić information content (AvgIpc) is 2.74. The third kappa shape index (κ3) is 4.37. The van der Waals surface area contributed by atoms with Crippen LogP contribution in [0.2, 0.25) is 5.02 Å². The molecule has 1 heterocycles. The van der Waals surface area contributed by atoms with Crippen molar-refractivity contribution in [2.75, 3.05) is 14.1 Å². The molecule has 0 saturated heterocycles. The molecule has 3 aromatic carbocycles. The molecular formula is C24H22ClN3O2. The van der Waals surface area contributed by atoms with Gasteiger partial charge < -0.3 is 9.64 Å². The number of aromatic nitrogens is 2. The molecule has 0 spiro atoms. The van der Waals surface area contributed by atoms with E-state index in [4.69, 9.17) is 16.3 Å². The number of halogens is 1. The van der Waals surface area contributed by atoms with E-state index >= 15 is 0 Å². The third-order valence-corrected chi connectivity index (χ3v) is 5.07. The number of ether oxygens (including phenoxy) is 1. The first-order chi connectivity index (χ1) is 14.5. The van der Waals surface area contributed by atoms with Gasteiger partial charge >= 0.3 is 5.56 Å². The predicted octanol–water partition coefficient (Wildman–Crippen LogP) is 4.95. The minimum absolute atomic E-state index is 0.0762. The summed E-state index contributed by atoms with van der Waals surface area (Å²) in [5.74, 6) is 0.631. The summed E-state index contributed by atoms with van der Waals surface area (Å²) in [6.45, 7) is 1.16. The van der Waals surface area contributed by atoms with Crippen molar-refractivity contribution in [3.8, 4) is 11.5 Å². The predicted molar refractivity (Wildman–Crippen MR) is 120 cm³/mol. The molecule has 4 aromatic rings. The van der Waals surface area contributed by atoms with Gasteiger partial charge in [-0.15, -0.1) is 0 Å². The van der Waals surface area contributed by atoms with E-state index in [0.717, 1.165) is 28.4 Å². The molecule has 0 aliphatic heterocycles. The molecule has 152 valence electrons. The van der Waals surface area contributed by atoms with Gasteiger partial charge in [-0.3, -0.25) is 4.79 Å². The Morgan fingerprint density at radius 2 is 1.73 bits per heavy atom.